The van der Waals surface area contributed by atoms with E-state index in [9.17, 15) is 5.11 Å². The maximum absolute atomic E-state index is 10.4. The van der Waals surface area contributed by atoms with Gasteiger partial charge in [0.05, 0.1) is 6.10 Å². The smallest absolute Gasteiger partial charge is 0.0841 e. The number of aliphatic hydroxyl groups is 1. The van der Waals surface area contributed by atoms with Crippen LogP contribution < -0.4 is 0 Å². The van der Waals surface area contributed by atoms with Gasteiger partial charge in [0.15, 0.2) is 0 Å². The van der Waals surface area contributed by atoms with E-state index in [0.29, 0.717) is 11.4 Å². The Morgan fingerprint density at radius 3 is 2.42 bits per heavy atom. The summed E-state index contributed by atoms with van der Waals surface area (Å²) in [7, 11) is 0. The Morgan fingerprint density at radius 2 is 1.74 bits per heavy atom. The van der Waals surface area contributed by atoms with E-state index >= 15 is 0 Å². The van der Waals surface area contributed by atoms with E-state index in [1.54, 1.807) is 0 Å². The molecule has 0 aromatic heterocycles. The second kappa shape index (κ2) is 6.08. The average molecular weight is 340 g/mol. The molecule has 0 heterocycles. The molecule has 0 bridgehead atoms. The Morgan fingerprint density at radius 1 is 1.11 bits per heavy atom. The molecule has 0 radical (unpaired) electrons. The minimum absolute atomic E-state index is 0.515. The van der Waals surface area contributed by atoms with E-state index < -0.39 is 6.10 Å². The van der Waals surface area contributed by atoms with Gasteiger partial charge in [0.1, 0.15) is 0 Å². The van der Waals surface area contributed by atoms with Crippen LogP contribution in [0.3, 0.4) is 0 Å². The Bertz CT molecular complexity index is 595. The molecule has 1 unspecified atom stereocenters. The Labute approximate surface area is 127 Å². The third-order valence-electron chi connectivity index (χ3n) is 3.13. The van der Waals surface area contributed by atoms with E-state index in [1.165, 1.54) is 0 Å². The highest BCUT2D eigenvalue weighted by molar-refractivity contribution is 9.10. The SMILES string of the molecule is Cc1ccc(CC(O)c2cc(C)ccc2Br)c(Cl)c1. The van der Waals surface area contributed by atoms with E-state index in [-0.39, 0.29) is 0 Å². The lowest BCUT2D eigenvalue weighted by molar-refractivity contribution is 0.177. The molecule has 2 aromatic carbocycles. The molecule has 0 aliphatic heterocycles. The van der Waals surface area contributed by atoms with Crippen LogP contribution in [0.1, 0.15) is 28.4 Å². The summed E-state index contributed by atoms with van der Waals surface area (Å²) in [6, 6.07) is 11.9. The summed E-state index contributed by atoms with van der Waals surface area (Å²) < 4.78 is 0.925. The quantitative estimate of drug-likeness (QED) is 0.834. The monoisotopic (exact) mass is 338 g/mol. The van der Waals surface area contributed by atoms with Gasteiger partial charge in [-0.3, -0.25) is 0 Å². The normalized spacial score (nSPS) is 12.5. The highest BCUT2D eigenvalue weighted by atomic mass is 79.9. The molecule has 100 valence electrons. The van der Waals surface area contributed by atoms with Gasteiger partial charge in [0.25, 0.3) is 0 Å². The first-order chi connectivity index (χ1) is 8.97. The molecule has 0 spiro atoms. The van der Waals surface area contributed by atoms with Crippen molar-refractivity contribution in [1.82, 2.24) is 0 Å². The third-order valence-corrected chi connectivity index (χ3v) is 4.21. The topological polar surface area (TPSA) is 20.2 Å². The highest BCUT2D eigenvalue weighted by Gasteiger charge is 2.14. The van der Waals surface area contributed by atoms with Crippen LogP contribution >= 0.6 is 27.5 Å². The van der Waals surface area contributed by atoms with Gasteiger partial charge in [-0.1, -0.05) is 57.4 Å². The molecular formula is C16H16BrClO. The summed E-state index contributed by atoms with van der Waals surface area (Å²) in [6.45, 7) is 4.02. The summed E-state index contributed by atoms with van der Waals surface area (Å²) >= 11 is 9.69. The summed E-state index contributed by atoms with van der Waals surface area (Å²) in [4.78, 5) is 0. The summed E-state index contributed by atoms with van der Waals surface area (Å²) in [6.07, 6.45) is -0.0456. The van der Waals surface area contributed by atoms with Crippen molar-refractivity contribution in [2.45, 2.75) is 26.4 Å². The number of aryl methyl sites for hydroxylation is 2. The van der Waals surface area contributed by atoms with Crippen molar-refractivity contribution in [2.75, 3.05) is 0 Å². The predicted octanol–water partition coefficient (Wildman–Crippen LogP) is 5.00. The van der Waals surface area contributed by atoms with Gasteiger partial charge in [0, 0.05) is 15.9 Å². The Balaban J connectivity index is 2.25. The van der Waals surface area contributed by atoms with Crippen molar-refractivity contribution in [3.8, 4) is 0 Å². The van der Waals surface area contributed by atoms with Gasteiger partial charge in [-0.2, -0.15) is 0 Å². The number of rotatable bonds is 3. The number of aliphatic hydroxyl groups excluding tert-OH is 1. The molecule has 0 aliphatic carbocycles. The molecule has 1 atom stereocenters. The fourth-order valence-electron chi connectivity index (χ4n) is 2.05. The largest absolute Gasteiger partial charge is 0.388 e. The van der Waals surface area contributed by atoms with Crippen molar-refractivity contribution in [2.24, 2.45) is 0 Å². The van der Waals surface area contributed by atoms with Crippen molar-refractivity contribution in [1.29, 1.82) is 0 Å². The van der Waals surface area contributed by atoms with E-state index in [1.807, 2.05) is 50.2 Å². The van der Waals surface area contributed by atoms with Crippen molar-refractivity contribution in [3.63, 3.8) is 0 Å². The molecule has 1 N–H and O–H groups in total. The molecule has 0 fully saturated rings. The number of hydrogen-bond acceptors (Lipinski definition) is 1. The summed E-state index contributed by atoms with van der Waals surface area (Å²) in [5.41, 5.74) is 4.12. The number of halogens is 2. The summed E-state index contributed by atoms with van der Waals surface area (Å²) in [5.74, 6) is 0. The lowest BCUT2D eigenvalue weighted by Crippen LogP contribution is -2.04. The average Bonchev–Trinajstić information content (AvgIpc) is 2.35. The highest BCUT2D eigenvalue weighted by Crippen LogP contribution is 2.29. The van der Waals surface area contributed by atoms with Crippen LogP contribution in [0.4, 0.5) is 0 Å². The second-order valence-corrected chi connectivity index (χ2v) is 6.10. The van der Waals surface area contributed by atoms with Gasteiger partial charge in [0.2, 0.25) is 0 Å². The molecule has 0 saturated heterocycles. The van der Waals surface area contributed by atoms with Gasteiger partial charge in [-0.05, 0) is 42.7 Å². The van der Waals surface area contributed by atoms with Crippen LogP contribution in [-0.2, 0) is 6.42 Å². The van der Waals surface area contributed by atoms with Crippen molar-refractivity contribution >= 4 is 27.5 Å². The standard InChI is InChI=1S/C16H16BrClO/c1-10-4-6-14(17)13(7-10)16(19)9-12-5-3-11(2)8-15(12)18/h3-8,16,19H,9H2,1-2H3. The van der Waals surface area contributed by atoms with Crippen LogP contribution in [0.15, 0.2) is 40.9 Å². The van der Waals surface area contributed by atoms with Crippen LogP contribution in [0.25, 0.3) is 0 Å². The molecule has 0 amide bonds. The first-order valence-corrected chi connectivity index (χ1v) is 7.33. The molecule has 0 aliphatic rings. The van der Waals surface area contributed by atoms with Crippen molar-refractivity contribution in [3.05, 3.63) is 68.1 Å². The lowest BCUT2D eigenvalue weighted by atomic mass is 9.99. The predicted molar refractivity (Wildman–Crippen MR) is 83.7 cm³/mol. The first kappa shape index (κ1) is 14.6. The molecular weight excluding hydrogens is 324 g/mol. The molecule has 3 heteroatoms. The molecule has 2 aromatic rings. The summed E-state index contributed by atoms with van der Waals surface area (Å²) in [5, 5.41) is 11.1. The van der Waals surface area contributed by atoms with E-state index in [0.717, 1.165) is 26.7 Å². The van der Waals surface area contributed by atoms with Gasteiger partial charge in [-0.15, -0.1) is 0 Å². The first-order valence-electron chi connectivity index (χ1n) is 6.16. The number of benzene rings is 2. The van der Waals surface area contributed by atoms with E-state index in [2.05, 4.69) is 15.9 Å². The lowest BCUT2D eigenvalue weighted by Gasteiger charge is -2.15. The van der Waals surface area contributed by atoms with Crippen LogP contribution in [0, 0.1) is 13.8 Å². The fourth-order valence-corrected chi connectivity index (χ4v) is 2.88. The second-order valence-electron chi connectivity index (χ2n) is 4.84. The van der Waals surface area contributed by atoms with Gasteiger partial charge in [-0.25, -0.2) is 0 Å². The minimum atomic E-state index is -0.561. The Hall–Kier alpha value is -0.830. The third kappa shape index (κ3) is 3.59. The zero-order valence-electron chi connectivity index (χ0n) is 11.0. The van der Waals surface area contributed by atoms with Gasteiger partial charge < -0.3 is 5.11 Å². The van der Waals surface area contributed by atoms with Gasteiger partial charge >= 0.3 is 0 Å². The molecule has 2 rings (SSSR count). The number of hydrogen-bond donors (Lipinski definition) is 1. The minimum Gasteiger partial charge on any atom is -0.388 e. The zero-order chi connectivity index (χ0) is 14.0. The molecule has 1 nitrogen and oxygen atoms in total. The van der Waals surface area contributed by atoms with Crippen LogP contribution in [-0.4, -0.2) is 5.11 Å². The Kier molecular flexibility index (Phi) is 4.67. The molecule has 0 saturated carbocycles. The van der Waals surface area contributed by atoms with Crippen molar-refractivity contribution < 1.29 is 5.11 Å². The fraction of sp³-hybridized carbons (Fsp3) is 0.250. The van der Waals surface area contributed by atoms with Crippen LogP contribution in [0.5, 0.6) is 0 Å². The molecule has 19 heavy (non-hydrogen) atoms. The maximum atomic E-state index is 10.4. The van der Waals surface area contributed by atoms with Crippen LogP contribution in [0.2, 0.25) is 5.02 Å². The van der Waals surface area contributed by atoms with E-state index in [4.69, 9.17) is 11.6 Å². The maximum Gasteiger partial charge on any atom is 0.0841 e. The zero-order valence-corrected chi connectivity index (χ0v) is 13.3.